The summed E-state index contributed by atoms with van der Waals surface area (Å²) in [7, 11) is 1.45. The first-order valence-corrected chi connectivity index (χ1v) is 6.68. The van der Waals surface area contributed by atoms with Crippen LogP contribution >= 0.6 is 0 Å². The molecular weight excluding hydrogens is 242 g/mol. The van der Waals surface area contributed by atoms with Gasteiger partial charge in [-0.25, -0.2) is 0 Å². The van der Waals surface area contributed by atoms with Gasteiger partial charge in [0, 0.05) is 13.1 Å². The first kappa shape index (κ1) is 13.9. The highest BCUT2D eigenvalue weighted by atomic mass is 16.5. The van der Waals surface area contributed by atoms with Gasteiger partial charge in [-0.15, -0.1) is 0 Å². The predicted molar refractivity (Wildman–Crippen MR) is 73.2 cm³/mol. The Kier molecular flexibility index (Phi) is 4.80. The Hall–Kier alpha value is -1.55. The van der Waals surface area contributed by atoms with E-state index in [9.17, 15) is 4.79 Å². The van der Waals surface area contributed by atoms with E-state index in [1.807, 2.05) is 31.2 Å². The second kappa shape index (κ2) is 6.57. The Bertz CT molecular complexity index is 433. The minimum absolute atomic E-state index is 0.0315. The molecule has 1 aliphatic rings. The molecule has 1 fully saturated rings. The molecule has 0 bridgehead atoms. The van der Waals surface area contributed by atoms with Crippen molar-refractivity contribution in [2.75, 3.05) is 33.4 Å². The second-order valence-electron chi connectivity index (χ2n) is 4.97. The highest BCUT2D eigenvalue weighted by Crippen LogP contribution is 2.17. The van der Waals surface area contributed by atoms with E-state index < -0.39 is 0 Å². The summed E-state index contributed by atoms with van der Waals surface area (Å²) in [6.07, 6.45) is 0.886. The average molecular weight is 263 g/mol. The maximum absolute atomic E-state index is 11.4. The average Bonchev–Trinajstić information content (AvgIpc) is 2.87. The Morgan fingerprint density at radius 2 is 2.32 bits per heavy atom. The van der Waals surface area contributed by atoms with Crippen LogP contribution in [0, 0.1) is 12.8 Å². The lowest BCUT2D eigenvalue weighted by Crippen LogP contribution is -2.28. The first-order chi connectivity index (χ1) is 9.19. The van der Waals surface area contributed by atoms with Crippen molar-refractivity contribution >= 4 is 5.97 Å². The number of carbonyl (C=O) groups is 1. The van der Waals surface area contributed by atoms with Gasteiger partial charge in [0.15, 0.2) is 0 Å². The molecule has 0 aliphatic carbocycles. The third-order valence-corrected chi connectivity index (χ3v) is 3.47. The normalized spacial score (nSPS) is 19.4. The van der Waals surface area contributed by atoms with E-state index in [0.717, 1.165) is 31.8 Å². The van der Waals surface area contributed by atoms with E-state index in [-0.39, 0.29) is 11.9 Å². The Morgan fingerprint density at radius 1 is 1.47 bits per heavy atom. The van der Waals surface area contributed by atoms with Gasteiger partial charge in [-0.05, 0) is 37.6 Å². The summed E-state index contributed by atoms with van der Waals surface area (Å²) in [4.78, 5) is 13.7. The summed E-state index contributed by atoms with van der Waals surface area (Å²) in [6.45, 7) is 5.27. The molecule has 0 N–H and O–H groups in total. The highest BCUT2D eigenvalue weighted by Gasteiger charge is 2.28. The van der Waals surface area contributed by atoms with Crippen LogP contribution in [0.5, 0.6) is 5.75 Å². The summed E-state index contributed by atoms with van der Waals surface area (Å²) in [6, 6.07) is 8.04. The lowest BCUT2D eigenvalue weighted by Gasteiger charge is -2.16. The van der Waals surface area contributed by atoms with Crippen molar-refractivity contribution in [3.8, 4) is 5.75 Å². The number of likely N-dealkylation sites (tertiary alicyclic amines) is 1. The number of nitrogens with zero attached hydrogens (tertiary/aromatic N) is 1. The molecule has 0 aromatic heterocycles. The van der Waals surface area contributed by atoms with Gasteiger partial charge in [0.1, 0.15) is 12.4 Å². The van der Waals surface area contributed by atoms with E-state index in [0.29, 0.717) is 6.61 Å². The lowest BCUT2D eigenvalue weighted by atomic mass is 10.1. The van der Waals surface area contributed by atoms with Gasteiger partial charge >= 0.3 is 5.97 Å². The standard InChI is InChI=1S/C15H21NO3/c1-12-4-3-5-14(10-12)19-9-8-16-7-6-13(11-16)15(17)18-2/h3-5,10,13H,6-9,11H2,1-2H3. The third-order valence-electron chi connectivity index (χ3n) is 3.47. The van der Waals surface area contributed by atoms with Crippen LogP contribution in [0.4, 0.5) is 0 Å². The third kappa shape index (κ3) is 3.96. The predicted octanol–water partition coefficient (Wildman–Crippen LogP) is 1.87. The molecule has 1 aromatic rings. The highest BCUT2D eigenvalue weighted by molar-refractivity contribution is 5.72. The Labute approximate surface area is 114 Å². The van der Waals surface area contributed by atoms with E-state index in [4.69, 9.17) is 9.47 Å². The van der Waals surface area contributed by atoms with Gasteiger partial charge in [0.2, 0.25) is 0 Å². The molecule has 2 rings (SSSR count). The maximum Gasteiger partial charge on any atom is 0.310 e. The number of hydrogen-bond acceptors (Lipinski definition) is 4. The molecule has 4 heteroatoms. The molecule has 0 amide bonds. The number of rotatable bonds is 5. The molecule has 0 saturated carbocycles. The van der Waals surface area contributed by atoms with Crippen LogP contribution in [-0.4, -0.2) is 44.2 Å². The molecule has 0 spiro atoms. The van der Waals surface area contributed by atoms with Crippen LogP contribution in [0.2, 0.25) is 0 Å². The number of aryl methyl sites for hydroxylation is 1. The number of hydrogen-bond donors (Lipinski definition) is 0. The van der Waals surface area contributed by atoms with Crippen molar-refractivity contribution in [2.24, 2.45) is 5.92 Å². The van der Waals surface area contributed by atoms with Crippen molar-refractivity contribution in [1.29, 1.82) is 0 Å². The molecular formula is C15H21NO3. The fourth-order valence-electron chi connectivity index (χ4n) is 2.39. The second-order valence-corrected chi connectivity index (χ2v) is 4.97. The van der Waals surface area contributed by atoms with Crippen LogP contribution in [0.1, 0.15) is 12.0 Å². The van der Waals surface area contributed by atoms with Crippen molar-refractivity contribution in [3.05, 3.63) is 29.8 Å². The van der Waals surface area contributed by atoms with Crippen LogP contribution in [0.15, 0.2) is 24.3 Å². The number of ether oxygens (including phenoxy) is 2. The molecule has 1 saturated heterocycles. The fraction of sp³-hybridized carbons (Fsp3) is 0.533. The number of benzene rings is 1. The molecule has 104 valence electrons. The van der Waals surface area contributed by atoms with Crippen LogP contribution in [0.3, 0.4) is 0 Å². The monoisotopic (exact) mass is 263 g/mol. The van der Waals surface area contributed by atoms with Crippen LogP contribution in [0.25, 0.3) is 0 Å². The summed E-state index contributed by atoms with van der Waals surface area (Å²) in [5.74, 6) is 0.842. The van der Waals surface area contributed by atoms with Crippen molar-refractivity contribution in [1.82, 2.24) is 4.90 Å². The zero-order valence-electron chi connectivity index (χ0n) is 11.6. The van der Waals surface area contributed by atoms with E-state index in [1.54, 1.807) is 0 Å². The van der Waals surface area contributed by atoms with Crippen LogP contribution < -0.4 is 4.74 Å². The van der Waals surface area contributed by atoms with Crippen molar-refractivity contribution in [2.45, 2.75) is 13.3 Å². The SMILES string of the molecule is COC(=O)C1CCN(CCOc2cccc(C)c2)C1. The zero-order valence-corrected chi connectivity index (χ0v) is 11.6. The van der Waals surface area contributed by atoms with E-state index in [2.05, 4.69) is 4.90 Å². The van der Waals surface area contributed by atoms with Gasteiger partial charge in [-0.2, -0.15) is 0 Å². The molecule has 1 aromatic carbocycles. The molecule has 1 atom stereocenters. The molecule has 1 heterocycles. The number of methoxy groups -OCH3 is 1. The molecule has 1 aliphatic heterocycles. The van der Waals surface area contributed by atoms with Gasteiger partial charge in [-0.1, -0.05) is 12.1 Å². The number of carbonyl (C=O) groups excluding carboxylic acids is 1. The van der Waals surface area contributed by atoms with E-state index in [1.165, 1.54) is 12.7 Å². The first-order valence-electron chi connectivity index (χ1n) is 6.68. The largest absolute Gasteiger partial charge is 0.492 e. The molecule has 4 nitrogen and oxygen atoms in total. The maximum atomic E-state index is 11.4. The minimum Gasteiger partial charge on any atom is -0.492 e. The Balaban J connectivity index is 1.71. The number of esters is 1. The van der Waals surface area contributed by atoms with Gasteiger partial charge < -0.3 is 9.47 Å². The fourth-order valence-corrected chi connectivity index (χ4v) is 2.39. The zero-order chi connectivity index (χ0) is 13.7. The van der Waals surface area contributed by atoms with Gasteiger partial charge in [0.05, 0.1) is 13.0 Å². The lowest BCUT2D eigenvalue weighted by molar-refractivity contribution is -0.144. The Morgan fingerprint density at radius 3 is 3.05 bits per heavy atom. The van der Waals surface area contributed by atoms with Crippen LogP contribution in [-0.2, 0) is 9.53 Å². The molecule has 1 unspecified atom stereocenters. The summed E-state index contributed by atoms with van der Waals surface area (Å²) < 4.78 is 10.5. The molecule has 19 heavy (non-hydrogen) atoms. The summed E-state index contributed by atoms with van der Waals surface area (Å²) >= 11 is 0. The quantitative estimate of drug-likeness (QED) is 0.760. The smallest absolute Gasteiger partial charge is 0.310 e. The summed E-state index contributed by atoms with van der Waals surface area (Å²) in [5.41, 5.74) is 1.20. The van der Waals surface area contributed by atoms with Gasteiger partial charge in [-0.3, -0.25) is 9.69 Å². The minimum atomic E-state index is -0.0953. The van der Waals surface area contributed by atoms with Gasteiger partial charge in [0.25, 0.3) is 0 Å². The van der Waals surface area contributed by atoms with Crippen molar-refractivity contribution in [3.63, 3.8) is 0 Å². The summed E-state index contributed by atoms with van der Waals surface area (Å²) in [5, 5.41) is 0. The molecule has 0 radical (unpaired) electrons. The van der Waals surface area contributed by atoms with Crippen molar-refractivity contribution < 1.29 is 14.3 Å². The topological polar surface area (TPSA) is 38.8 Å². The van der Waals surface area contributed by atoms with E-state index >= 15 is 0 Å².